The molecule has 4 N–H and O–H groups in total. The van der Waals surface area contributed by atoms with Crippen molar-refractivity contribution in [1.29, 1.82) is 0 Å². The molecule has 0 aliphatic heterocycles. The molecule has 0 saturated carbocycles. The molecule has 18 heavy (non-hydrogen) atoms. The minimum Gasteiger partial charge on any atom is -0.326 e. The third kappa shape index (κ3) is 2.78. The number of hydrogen-bond donors (Lipinski definition) is 3. The minimum absolute atomic E-state index is 0.214. The number of sulfonamides is 1. The quantitative estimate of drug-likeness (QED) is 0.753. The van der Waals surface area contributed by atoms with Crippen LogP contribution in [0.4, 0.5) is 0 Å². The van der Waals surface area contributed by atoms with Crippen LogP contribution in [0.2, 0.25) is 0 Å². The molecule has 0 saturated heterocycles. The van der Waals surface area contributed by atoms with Crippen molar-refractivity contribution >= 4 is 21.4 Å². The Kier molecular flexibility index (Phi) is 3.81. The van der Waals surface area contributed by atoms with Gasteiger partial charge in [0.25, 0.3) is 0 Å². The first kappa shape index (κ1) is 13.2. The van der Waals surface area contributed by atoms with E-state index in [4.69, 9.17) is 5.73 Å². The van der Waals surface area contributed by atoms with Crippen molar-refractivity contribution in [1.82, 2.24) is 14.9 Å². The van der Waals surface area contributed by atoms with Crippen molar-refractivity contribution in [3.8, 4) is 0 Å². The van der Waals surface area contributed by atoms with E-state index in [2.05, 4.69) is 14.9 Å². The Labute approximate surface area is 109 Å². The number of H-pyrrole nitrogens is 1. The molecule has 0 spiro atoms. The molecule has 0 fully saturated rings. The molecular formula is C10H14N4O2S2. The van der Waals surface area contributed by atoms with Gasteiger partial charge in [0.1, 0.15) is 0 Å². The Hall–Kier alpha value is -1.22. The average Bonchev–Trinajstić information content (AvgIpc) is 2.95. The van der Waals surface area contributed by atoms with Gasteiger partial charge >= 0.3 is 0 Å². The van der Waals surface area contributed by atoms with Crippen molar-refractivity contribution in [3.63, 3.8) is 0 Å². The second-order valence-corrected chi connectivity index (χ2v) is 6.84. The summed E-state index contributed by atoms with van der Waals surface area (Å²) in [6, 6.07) is 1.62. The largest absolute Gasteiger partial charge is 0.326 e. The van der Waals surface area contributed by atoms with Gasteiger partial charge in [-0.15, -0.1) is 11.3 Å². The summed E-state index contributed by atoms with van der Waals surface area (Å²) in [6.45, 7) is 2.34. The summed E-state index contributed by atoms with van der Waals surface area (Å²) in [5.74, 6) is 0. The van der Waals surface area contributed by atoms with Gasteiger partial charge in [0, 0.05) is 34.6 Å². The van der Waals surface area contributed by atoms with Crippen molar-refractivity contribution in [2.24, 2.45) is 5.73 Å². The van der Waals surface area contributed by atoms with Crippen molar-refractivity contribution < 1.29 is 8.42 Å². The Morgan fingerprint density at radius 3 is 2.89 bits per heavy atom. The standard InChI is InChI=1S/C10H14N4O2S2/c1-7-10(2-9(3-11)17-7)18(15,16)14-6-8-4-12-13-5-8/h2,4-5,14H,3,6,11H2,1H3,(H,12,13). The predicted molar refractivity (Wildman–Crippen MR) is 69.6 cm³/mol. The number of aromatic amines is 1. The van der Waals surface area contributed by atoms with Crippen LogP contribution in [-0.4, -0.2) is 18.6 Å². The van der Waals surface area contributed by atoms with Gasteiger partial charge in [-0.05, 0) is 13.0 Å². The number of nitrogens with two attached hydrogens (primary N) is 1. The number of nitrogens with one attached hydrogen (secondary N) is 2. The van der Waals surface area contributed by atoms with E-state index in [0.717, 1.165) is 15.3 Å². The molecule has 2 aromatic heterocycles. The van der Waals surface area contributed by atoms with Crippen LogP contribution in [0.5, 0.6) is 0 Å². The van der Waals surface area contributed by atoms with Crippen molar-refractivity contribution in [2.45, 2.75) is 24.9 Å². The van der Waals surface area contributed by atoms with E-state index in [1.54, 1.807) is 25.4 Å². The summed E-state index contributed by atoms with van der Waals surface area (Å²) in [5.41, 5.74) is 6.29. The third-order valence-corrected chi connectivity index (χ3v) is 5.16. The summed E-state index contributed by atoms with van der Waals surface area (Å²) in [7, 11) is -3.49. The van der Waals surface area contributed by atoms with Crippen LogP contribution in [0.3, 0.4) is 0 Å². The third-order valence-electron chi connectivity index (χ3n) is 2.44. The van der Waals surface area contributed by atoms with E-state index in [1.165, 1.54) is 11.3 Å². The first-order valence-electron chi connectivity index (χ1n) is 5.29. The van der Waals surface area contributed by atoms with Crippen LogP contribution < -0.4 is 10.5 Å². The van der Waals surface area contributed by atoms with E-state index in [1.807, 2.05) is 0 Å². The van der Waals surface area contributed by atoms with E-state index in [9.17, 15) is 8.42 Å². The fraction of sp³-hybridized carbons (Fsp3) is 0.300. The van der Waals surface area contributed by atoms with Crippen LogP contribution in [0.25, 0.3) is 0 Å². The normalized spacial score (nSPS) is 11.9. The molecular weight excluding hydrogens is 272 g/mol. The van der Waals surface area contributed by atoms with Gasteiger partial charge in [-0.3, -0.25) is 5.10 Å². The Morgan fingerprint density at radius 2 is 2.33 bits per heavy atom. The van der Waals surface area contributed by atoms with Crippen LogP contribution in [0.15, 0.2) is 23.4 Å². The summed E-state index contributed by atoms with van der Waals surface area (Å²) in [5, 5.41) is 6.39. The maximum atomic E-state index is 12.1. The van der Waals surface area contributed by atoms with Crippen LogP contribution in [-0.2, 0) is 23.1 Å². The van der Waals surface area contributed by atoms with Crippen LogP contribution >= 0.6 is 11.3 Å². The van der Waals surface area contributed by atoms with Gasteiger partial charge in [0.2, 0.25) is 10.0 Å². The minimum atomic E-state index is -3.49. The van der Waals surface area contributed by atoms with Crippen LogP contribution in [0.1, 0.15) is 15.3 Å². The zero-order valence-corrected chi connectivity index (χ0v) is 11.4. The Balaban J connectivity index is 2.17. The molecule has 8 heteroatoms. The molecule has 6 nitrogen and oxygen atoms in total. The lowest BCUT2D eigenvalue weighted by molar-refractivity contribution is 0.581. The monoisotopic (exact) mass is 286 g/mol. The van der Waals surface area contributed by atoms with Gasteiger partial charge in [-0.1, -0.05) is 0 Å². The summed E-state index contributed by atoms with van der Waals surface area (Å²) in [6.07, 6.45) is 3.22. The molecule has 0 unspecified atom stereocenters. The fourth-order valence-electron chi connectivity index (χ4n) is 1.52. The molecule has 0 amide bonds. The van der Waals surface area contributed by atoms with Gasteiger partial charge in [-0.2, -0.15) is 5.10 Å². The van der Waals surface area contributed by atoms with Gasteiger partial charge in [0.05, 0.1) is 11.1 Å². The number of thiophene rings is 1. The number of aryl methyl sites for hydroxylation is 1. The molecule has 0 aromatic carbocycles. The Morgan fingerprint density at radius 1 is 1.56 bits per heavy atom. The highest BCUT2D eigenvalue weighted by Crippen LogP contribution is 2.25. The van der Waals surface area contributed by atoms with Crippen LogP contribution in [0, 0.1) is 6.92 Å². The number of aromatic nitrogens is 2. The number of rotatable bonds is 5. The summed E-state index contributed by atoms with van der Waals surface area (Å²) >= 11 is 1.40. The topological polar surface area (TPSA) is 101 Å². The molecule has 2 aromatic rings. The second kappa shape index (κ2) is 5.19. The highest BCUT2D eigenvalue weighted by molar-refractivity contribution is 7.89. The Bertz CT molecular complexity index is 616. The summed E-state index contributed by atoms with van der Waals surface area (Å²) in [4.78, 5) is 1.91. The van der Waals surface area contributed by atoms with E-state index in [0.29, 0.717) is 11.4 Å². The summed E-state index contributed by atoms with van der Waals surface area (Å²) < 4.78 is 26.7. The lowest BCUT2D eigenvalue weighted by Gasteiger charge is -2.04. The van der Waals surface area contributed by atoms with Crippen molar-refractivity contribution in [3.05, 3.63) is 33.8 Å². The highest BCUT2D eigenvalue weighted by Gasteiger charge is 2.19. The van der Waals surface area contributed by atoms with Crippen molar-refractivity contribution in [2.75, 3.05) is 0 Å². The van der Waals surface area contributed by atoms with E-state index >= 15 is 0 Å². The molecule has 0 aliphatic rings. The first-order valence-corrected chi connectivity index (χ1v) is 7.59. The maximum absolute atomic E-state index is 12.1. The number of hydrogen-bond acceptors (Lipinski definition) is 5. The van der Waals surface area contributed by atoms with E-state index in [-0.39, 0.29) is 6.54 Å². The average molecular weight is 286 g/mol. The molecule has 2 heterocycles. The molecule has 0 radical (unpaired) electrons. The smallest absolute Gasteiger partial charge is 0.241 e. The first-order chi connectivity index (χ1) is 8.53. The molecule has 0 atom stereocenters. The van der Waals surface area contributed by atoms with Gasteiger partial charge in [-0.25, -0.2) is 13.1 Å². The predicted octanol–water partition coefficient (Wildman–Crippen LogP) is 0.717. The zero-order valence-electron chi connectivity index (χ0n) is 9.80. The fourth-order valence-corrected chi connectivity index (χ4v) is 4.05. The number of nitrogens with zero attached hydrogens (tertiary/aromatic N) is 1. The second-order valence-electron chi connectivity index (χ2n) is 3.77. The SMILES string of the molecule is Cc1sc(CN)cc1S(=O)(=O)NCc1cn[nH]c1. The molecule has 98 valence electrons. The maximum Gasteiger partial charge on any atom is 0.241 e. The molecule has 2 rings (SSSR count). The lowest BCUT2D eigenvalue weighted by atomic mass is 10.4. The van der Waals surface area contributed by atoms with Gasteiger partial charge in [0.15, 0.2) is 0 Å². The van der Waals surface area contributed by atoms with E-state index < -0.39 is 10.0 Å². The molecule has 0 bridgehead atoms. The highest BCUT2D eigenvalue weighted by atomic mass is 32.2. The molecule has 0 aliphatic carbocycles. The van der Waals surface area contributed by atoms with Gasteiger partial charge < -0.3 is 5.73 Å². The lowest BCUT2D eigenvalue weighted by Crippen LogP contribution is -2.23. The zero-order chi connectivity index (χ0) is 13.2.